The zero-order valence-electron chi connectivity index (χ0n) is 8.90. The molecular weight excluding hydrogens is 192 g/mol. The molecule has 0 spiro atoms. The van der Waals surface area contributed by atoms with Crippen molar-refractivity contribution < 1.29 is 4.74 Å². The number of aromatic amines is 1. The van der Waals surface area contributed by atoms with Gasteiger partial charge in [0, 0.05) is 13.5 Å². The summed E-state index contributed by atoms with van der Waals surface area (Å²) in [4.78, 5) is 15.5. The Morgan fingerprint density at radius 2 is 2.40 bits per heavy atom. The van der Waals surface area contributed by atoms with Crippen molar-refractivity contribution in [1.29, 1.82) is 0 Å². The molecule has 2 aromatic rings. The molecule has 2 heterocycles. The molecule has 1 unspecified atom stereocenters. The minimum atomic E-state index is 0.254. The predicted octanol–water partition coefficient (Wildman–Crippen LogP) is 1.32. The summed E-state index contributed by atoms with van der Waals surface area (Å²) < 4.78 is 5.18. The van der Waals surface area contributed by atoms with Crippen molar-refractivity contribution in [2.24, 2.45) is 0 Å². The maximum Gasteiger partial charge on any atom is 0.180 e. The van der Waals surface area contributed by atoms with Crippen LogP contribution in [-0.2, 0) is 11.2 Å². The van der Waals surface area contributed by atoms with Gasteiger partial charge in [0.1, 0.15) is 17.7 Å². The van der Waals surface area contributed by atoms with E-state index in [2.05, 4.69) is 19.9 Å². The molecule has 0 saturated carbocycles. The lowest BCUT2D eigenvalue weighted by Crippen LogP contribution is -2.06. The van der Waals surface area contributed by atoms with Gasteiger partial charge in [0.25, 0.3) is 0 Å². The Hall–Kier alpha value is -1.49. The normalized spacial score (nSPS) is 13.2. The fourth-order valence-corrected chi connectivity index (χ4v) is 1.39. The lowest BCUT2D eigenvalue weighted by atomic mass is 10.2. The van der Waals surface area contributed by atoms with Crippen LogP contribution in [0.1, 0.15) is 19.2 Å². The van der Waals surface area contributed by atoms with Crippen LogP contribution in [0.5, 0.6) is 0 Å². The Morgan fingerprint density at radius 1 is 1.53 bits per heavy atom. The summed E-state index contributed by atoms with van der Waals surface area (Å²) in [5, 5.41) is 0. The average Bonchev–Trinajstić information content (AvgIpc) is 2.68. The van der Waals surface area contributed by atoms with Gasteiger partial charge in [-0.1, -0.05) is 0 Å². The van der Waals surface area contributed by atoms with Gasteiger partial charge in [0.05, 0.1) is 12.3 Å². The Kier molecular flexibility index (Phi) is 2.91. The first kappa shape index (κ1) is 10.0. The summed E-state index contributed by atoms with van der Waals surface area (Å²) in [6, 6.07) is 0. The fourth-order valence-electron chi connectivity index (χ4n) is 1.39. The molecule has 5 nitrogen and oxygen atoms in total. The highest BCUT2D eigenvalue weighted by molar-refractivity contribution is 5.68. The van der Waals surface area contributed by atoms with Crippen molar-refractivity contribution in [3.05, 3.63) is 18.3 Å². The minimum absolute atomic E-state index is 0.254. The largest absolute Gasteiger partial charge is 0.382 e. The molecule has 0 aliphatic carbocycles. The van der Waals surface area contributed by atoms with E-state index in [0.29, 0.717) is 0 Å². The molecule has 2 rings (SSSR count). The second kappa shape index (κ2) is 4.35. The number of aromatic nitrogens is 4. The number of rotatable bonds is 4. The van der Waals surface area contributed by atoms with Crippen molar-refractivity contribution >= 4 is 11.2 Å². The lowest BCUT2D eigenvalue weighted by molar-refractivity contribution is 0.111. The number of hydrogen-bond donors (Lipinski definition) is 1. The van der Waals surface area contributed by atoms with Gasteiger partial charge in [-0.15, -0.1) is 0 Å². The minimum Gasteiger partial charge on any atom is -0.382 e. The maximum atomic E-state index is 5.18. The Balaban J connectivity index is 2.09. The van der Waals surface area contributed by atoms with Gasteiger partial charge in [-0.25, -0.2) is 15.0 Å². The van der Waals surface area contributed by atoms with Gasteiger partial charge < -0.3 is 9.72 Å². The number of imidazole rings is 1. The number of ether oxygens (including phenoxy) is 1. The van der Waals surface area contributed by atoms with E-state index >= 15 is 0 Å². The standard InChI is InChI=1S/C10H14N4O/c1-7(15-2)3-4-9-13-8-5-11-6-12-10(8)14-9/h5-7H,3-4H2,1-2H3,(H,11,12,13,14). The number of nitrogens with one attached hydrogen (secondary N) is 1. The molecule has 0 aliphatic heterocycles. The zero-order chi connectivity index (χ0) is 10.7. The average molecular weight is 206 g/mol. The summed E-state index contributed by atoms with van der Waals surface area (Å²) in [6.45, 7) is 2.04. The van der Waals surface area contributed by atoms with Crippen LogP contribution in [0.4, 0.5) is 0 Å². The Bertz CT molecular complexity index is 407. The molecular formula is C10H14N4O. The molecule has 0 aliphatic rings. The van der Waals surface area contributed by atoms with Gasteiger partial charge in [-0.2, -0.15) is 0 Å². The molecule has 80 valence electrons. The van der Waals surface area contributed by atoms with Crippen LogP contribution in [-0.4, -0.2) is 33.1 Å². The molecule has 0 saturated heterocycles. The van der Waals surface area contributed by atoms with Crippen LogP contribution in [0.2, 0.25) is 0 Å². The molecule has 0 amide bonds. The van der Waals surface area contributed by atoms with Crippen LogP contribution in [0, 0.1) is 0 Å². The highest BCUT2D eigenvalue weighted by Crippen LogP contribution is 2.09. The molecule has 0 fully saturated rings. The van der Waals surface area contributed by atoms with E-state index in [-0.39, 0.29) is 6.10 Å². The third kappa shape index (κ3) is 2.30. The fraction of sp³-hybridized carbons (Fsp3) is 0.500. The van der Waals surface area contributed by atoms with Crippen LogP contribution in [0.3, 0.4) is 0 Å². The quantitative estimate of drug-likeness (QED) is 0.819. The molecule has 0 aromatic carbocycles. The van der Waals surface area contributed by atoms with Crippen LogP contribution >= 0.6 is 0 Å². The number of fused-ring (bicyclic) bond motifs is 1. The van der Waals surface area contributed by atoms with Crippen molar-refractivity contribution in [3.63, 3.8) is 0 Å². The SMILES string of the molecule is COC(C)CCc1nc2ncncc2[nH]1. The molecule has 0 radical (unpaired) electrons. The summed E-state index contributed by atoms with van der Waals surface area (Å²) in [6.07, 6.45) is 5.31. The highest BCUT2D eigenvalue weighted by atomic mass is 16.5. The number of methoxy groups -OCH3 is 1. The van der Waals surface area contributed by atoms with Crippen LogP contribution in [0.15, 0.2) is 12.5 Å². The second-order valence-corrected chi connectivity index (χ2v) is 3.53. The third-order valence-corrected chi connectivity index (χ3v) is 2.40. The van der Waals surface area contributed by atoms with E-state index < -0.39 is 0 Å². The first-order valence-corrected chi connectivity index (χ1v) is 4.97. The Labute approximate surface area is 87.9 Å². The van der Waals surface area contributed by atoms with Gasteiger partial charge in [-0.05, 0) is 13.3 Å². The van der Waals surface area contributed by atoms with Crippen molar-refractivity contribution in [1.82, 2.24) is 19.9 Å². The number of aryl methyl sites for hydroxylation is 1. The number of hydrogen-bond acceptors (Lipinski definition) is 4. The van der Waals surface area contributed by atoms with Gasteiger partial charge in [0.15, 0.2) is 5.65 Å². The maximum absolute atomic E-state index is 5.18. The van der Waals surface area contributed by atoms with E-state index in [1.165, 1.54) is 6.33 Å². The van der Waals surface area contributed by atoms with E-state index in [9.17, 15) is 0 Å². The lowest BCUT2D eigenvalue weighted by Gasteiger charge is -2.06. The van der Waals surface area contributed by atoms with Crippen molar-refractivity contribution in [3.8, 4) is 0 Å². The zero-order valence-corrected chi connectivity index (χ0v) is 8.90. The van der Waals surface area contributed by atoms with E-state index in [1.54, 1.807) is 13.3 Å². The highest BCUT2D eigenvalue weighted by Gasteiger charge is 2.05. The van der Waals surface area contributed by atoms with Crippen LogP contribution in [0.25, 0.3) is 11.2 Å². The van der Waals surface area contributed by atoms with Crippen molar-refractivity contribution in [2.45, 2.75) is 25.9 Å². The first-order chi connectivity index (χ1) is 7.29. The van der Waals surface area contributed by atoms with Gasteiger partial charge in [-0.3, -0.25) is 0 Å². The molecule has 1 atom stereocenters. The van der Waals surface area contributed by atoms with E-state index in [4.69, 9.17) is 4.74 Å². The molecule has 0 bridgehead atoms. The molecule has 2 aromatic heterocycles. The number of H-pyrrole nitrogens is 1. The summed E-state index contributed by atoms with van der Waals surface area (Å²) in [5.41, 5.74) is 1.61. The molecule has 1 N–H and O–H groups in total. The Morgan fingerprint density at radius 3 is 3.13 bits per heavy atom. The first-order valence-electron chi connectivity index (χ1n) is 4.97. The number of nitrogens with zero attached hydrogens (tertiary/aromatic N) is 3. The third-order valence-electron chi connectivity index (χ3n) is 2.40. The topological polar surface area (TPSA) is 63.7 Å². The predicted molar refractivity (Wildman–Crippen MR) is 56.5 cm³/mol. The summed E-state index contributed by atoms with van der Waals surface area (Å²) in [5.74, 6) is 0.939. The van der Waals surface area contributed by atoms with Crippen LogP contribution < -0.4 is 0 Å². The van der Waals surface area contributed by atoms with Gasteiger partial charge in [0.2, 0.25) is 0 Å². The second-order valence-electron chi connectivity index (χ2n) is 3.53. The monoisotopic (exact) mass is 206 g/mol. The van der Waals surface area contributed by atoms with E-state index in [1.807, 2.05) is 6.92 Å². The molecule has 15 heavy (non-hydrogen) atoms. The molecule has 5 heteroatoms. The van der Waals surface area contributed by atoms with Gasteiger partial charge >= 0.3 is 0 Å². The van der Waals surface area contributed by atoms with Crippen molar-refractivity contribution in [2.75, 3.05) is 7.11 Å². The van der Waals surface area contributed by atoms with E-state index in [0.717, 1.165) is 29.8 Å². The summed E-state index contributed by atoms with van der Waals surface area (Å²) in [7, 11) is 1.72. The smallest absolute Gasteiger partial charge is 0.180 e. The summed E-state index contributed by atoms with van der Waals surface area (Å²) >= 11 is 0.